The maximum Gasteiger partial charge on any atom is 0.220 e. The number of halogens is 1. The van der Waals surface area contributed by atoms with Crippen molar-refractivity contribution in [1.29, 1.82) is 0 Å². The monoisotopic (exact) mass is 425 g/mol. The molecule has 1 aromatic carbocycles. The van der Waals surface area contributed by atoms with E-state index in [-0.39, 0.29) is 24.4 Å². The third kappa shape index (κ3) is 10.4. The molecule has 0 aromatic heterocycles. The summed E-state index contributed by atoms with van der Waals surface area (Å²) in [5.41, 5.74) is 0.844. The highest BCUT2D eigenvalue weighted by molar-refractivity contribution is 5.76. The first-order valence-corrected chi connectivity index (χ1v) is 11.0. The van der Waals surface area contributed by atoms with E-state index in [1.807, 2.05) is 30.3 Å². The van der Waals surface area contributed by atoms with E-state index in [1.54, 1.807) is 0 Å². The Bertz CT molecular complexity index is 538. The number of unbranched alkanes of at least 4 members (excludes halogenated alkanes) is 6. The van der Waals surface area contributed by atoms with E-state index in [4.69, 9.17) is 4.74 Å². The fraction of sp³-hybridized carbons (Fsp3) is 0.696. The first-order chi connectivity index (χ1) is 13.7. The molecule has 0 spiro atoms. The largest absolute Gasteiger partial charge is 1.00 e. The summed E-state index contributed by atoms with van der Waals surface area (Å²) in [5.74, 6) is 0.0433. The van der Waals surface area contributed by atoms with Gasteiger partial charge in [0.15, 0.2) is 0 Å². The van der Waals surface area contributed by atoms with Crippen LogP contribution < -0.4 is 17.7 Å². The Kier molecular flexibility index (Phi) is 14.0. The second kappa shape index (κ2) is 15.7. The average molecular weight is 426 g/mol. The van der Waals surface area contributed by atoms with Crippen molar-refractivity contribution >= 4 is 5.91 Å². The number of rotatable bonds is 13. The van der Waals surface area contributed by atoms with Crippen LogP contribution in [-0.4, -0.2) is 54.8 Å². The number of ether oxygens (including phenoxy) is 1. The molecule has 1 fully saturated rings. The number of hydrogen-bond donors (Lipinski definition) is 2. The molecule has 0 saturated carbocycles. The van der Waals surface area contributed by atoms with Crippen LogP contribution in [0.5, 0.6) is 0 Å². The van der Waals surface area contributed by atoms with Crippen LogP contribution >= 0.6 is 0 Å². The Morgan fingerprint density at radius 2 is 1.69 bits per heavy atom. The molecule has 6 heteroatoms. The molecule has 0 aliphatic carbocycles. The van der Waals surface area contributed by atoms with Crippen LogP contribution in [-0.2, 0) is 9.53 Å². The molecule has 1 aromatic rings. The van der Waals surface area contributed by atoms with Gasteiger partial charge >= 0.3 is 0 Å². The van der Waals surface area contributed by atoms with Crippen molar-refractivity contribution < 1.29 is 27.0 Å². The van der Waals surface area contributed by atoms with Gasteiger partial charge in [-0.2, -0.15) is 0 Å². The zero-order valence-electron chi connectivity index (χ0n) is 17.8. The van der Waals surface area contributed by atoms with Crippen LogP contribution in [0.4, 0.5) is 0 Å². The van der Waals surface area contributed by atoms with Gasteiger partial charge in [0, 0.05) is 26.1 Å². The molecule has 2 rings (SSSR count). The summed E-state index contributed by atoms with van der Waals surface area (Å²) in [6, 6.07) is 9.30. The number of amides is 1. The van der Waals surface area contributed by atoms with Crippen LogP contribution in [0, 0.1) is 0 Å². The number of nitrogens with one attached hydrogen (secondary N) is 1. The lowest BCUT2D eigenvalue weighted by molar-refractivity contribution is -0.123. The summed E-state index contributed by atoms with van der Waals surface area (Å²) in [5, 5.41) is 14.0. The highest BCUT2D eigenvalue weighted by atomic mass is 35.5. The average Bonchev–Trinajstić information content (AvgIpc) is 2.73. The van der Waals surface area contributed by atoms with Gasteiger partial charge in [-0.15, -0.1) is 0 Å². The van der Waals surface area contributed by atoms with Crippen molar-refractivity contribution in [2.75, 3.05) is 32.8 Å². The second-order valence-electron chi connectivity index (χ2n) is 7.81. The lowest BCUT2D eigenvalue weighted by Gasteiger charge is -2.33. The number of nitrogens with zero attached hydrogens (tertiary/aromatic N) is 1. The molecular formula is C23H38ClN2O3-. The molecule has 1 amide bonds. The minimum atomic E-state index is -0.706. The lowest BCUT2D eigenvalue weighted by Crippen LogP contribution is -3.00. The third-order valence-electron chi connectivity index (χ3n) is 5.43. The lowest BCUT2D eigenvalue weighted by atomic mass is 10.0. The van der Waals surface area contributed by atoms with Crippen LogP contribution in [0.25, 0.3) is 0 Å². The summed E-state index contributed by atoms with van der Waals surface area (Å²) < 4.78 is 5.42. The zero-order chi connectivity index (χ0) is 20.0. The number of benzene rings is 1. The normalized spacial score (nSPS) is 16.6. The SMILES string of the molecule is CCCCCCCCCC(=O)N[C@H](CN1CCOCC1)[C@H](O)c1ccccc1.[Cl-]. The molecule has 0 radical (unpaired) electrons. The number of carbonyl (C=O) groups is 1. The molecule has 1 saturated heterocycles. The van der Waals surface area contributed by atoms with Crippen molar-refractivity contribution in [1.82, 2.24) is 10.2 Å². The van der Waals surface area contributed by atoms with Crippen LogP contribution in [0.15, 0.2) is 30.3 Å². The summed E-state index contributed by atoms with van der Waals surface area (Å²) >= 11 is 0. The summed E-state index contributed by atoms with van der Waals surface area (Å²) in [7, 11) is 0. The van der Waals surface area contributed by atoms with Gasteiger partial charge in [-0.25, -0.2) is 0 Å². The van der Waals surface area contributed by atoms with Gasteiger partial charge < -0.3 is 27.6 Å². The van der Waals surface area contributed by atoms with E-state index in [9.17, 15) is 9.90 Å². The van der Waals surface area contributed by atoms with E-state index in [1.165, 1.54) is 32.1 Å². The predicted octanol–water partition coefficient (Wildman–Crippen LogP) is 0.682. The molecular weight excluding hydrogens is 388 g/mol. The standard InChI is InChI=1S/C23H38N2O3.ClH/c1-2-3-4-5-6-7-11-14-22(26)24-21(19-25-15-17-28-18-16-25)23(27)20-12-9-8-10-13-20;/h8-10,12-13,21,23,27H,2-7,11,14-19H2,1H3,(H,24,26);1H/p-1/t21-,23-;/m1./s1. The maximum absolute atomic E-state index is 12.5. The third-order valence-corrected chi connectivity index (χ3v) is 5.43. The Hall–Kier alpha value is -1.14. The smallest absolute Gasteiger partial charge is 0.220 e. The van der Waals surface area contributed by atoms with Crippen molar-refractivity contribution in [3.63, 3.8) is 0 Å². The summed E-state index contributed by atoms with van der Waals surface area (Å²) in [4.78, 5) is 14.8. The number of morpholine rings is 1. The highest BCUT2D eigenvalue weighted by Crippen LogP contribution is 2.18. The molecule has 1 aliphatic rings. The topological polar surface area (TPSA) is 61.8 Å². The number of aliphatic hydroxyl groups is 1. The predicted molar refractivity (Wildman–Crippen MR) is 113 cm³/mol. The summed E-state index contributed by atoms with van der Waals surface area (Å²) in [6.07, 6.45) is 8.19. The van der Waals surface area contributed by atoms with E-state index >= 15 is 0 Å². The number of hydrogen-bond acceptors (Lipinski definition) is 4. The Morgan fingerprint density at radius 3 is 2.34 bits per heavy atom. The highest BCUT2D eigenvalue weighted by Gasteiger charge is 2.26. The minimum Gasteiger partial charge on any atom is -1.00 e. The molecule has 166 valence electrons. The second-order valence-corrected chi connectivity index (χ2v) is 7.81. The van der Waals surface area contributed by atoms with E-state index in [2.05, 4.69) is 17.1 Å². The van der Waals surface area contributed by atoms with Crippen molar-refractivity contribution in [3.8, 4) is 0 Å². The van der Waals surface area contributed by atoms with Crippen molar-refractivity contribution in [2.24, 2.45) is 0 Å². The van der Waals surface area contributed by atoms with E-state index in [0.29, 0.717) is 26.2 Å². The number of carbonyl (C=O) groups excluding carboxylic acids is 1. The molecule has 2 N–H and O–H groups in total. The van der Waals surface area contributed by atoms with Crippen LogP contribution in [0.3, 0.4) is 0 Å². The van der Waals surface area contributed by atoms with Gasteiger partial charge in [0.1, 0.15) is 6.10 Å². The molecule has 0 bridgehead atoms. The fourth-order valence-electron chi connectivity index (χ4n) is 3.69. The Labute approximate surface area is 182 Å². The van der Waals surface area contributed by atoms with Gasteiger partial charge in [0.2, 0.25) is 5.91 Å². The first-order valence-electron chi connectivity index (χ1n) is 11.0. The van der Waals surface area contributed by atoms with Crippen LogP contribution in [0.1, 0.15) is 70.0 Å². The molecule has 2 atom stereocenters. The van der Waals surface area contributed by atoms with Gasteiger partial charge in [-0.1, -0.05) is 75.8 Å². The summed E-state index contributed by atoms with van der Waals surface area (Å²) in [6.45, 7) is 5.96. The Balaban J connectivity index is 0.00000420. The minimum absolute atomic E-state index is 0. The molecule has 0 unspecified atom stereocenters. The van der Waals surface area contributed by atoms with E-state index in [0.717, 1.165) is 31.5 Å². The molecule has 5 nitrogen and oxygen atoms in total. The first kappa shape index (κ1) is 25.9. The van der Waals surface area contributed by atoms with Gasteiger partial charge in [-0.3, -0.25) is 9.69 Å². The quantitative estimate of drug-likeness (QED) is 0.456. The molecule has 1 heterocycles. The Morgan fingerprint density at radius 1 is 1.07 bits per heavy atom. The van der Waals surface area contributed by atoms with Crippen molar-refractivity contribution in [2.45, 2.75) is 70.4 Å². The van der Waals surface area contributed by atoms with E-state index < -0.39 is 6.10 Å². The van der Waals surface area contributed by atoms with Crippen molar-refractivity contribution in [3.05, 3.63) is 35.9 Å². The molecule has 1 aliphatic heterocycles. The molecule has 29 heavy (non-hydrogen) atoms. The maximum atomic E-state index is 12.5. The van der Waals surface area contributed by atoms with Gasteiger partial charge in [0.05, 0.1) is 19.3 Å². The van der Waals surface area contributed by atoms with Gasteiger partial charge in [0.25, 0.3) is 0 Å². The van der Waals surface area contributed by atoms with Gasteiger partial charge in [-0.05, 0) is 12.0 Å². The fourth-order valence-corrected chi connectivity index (χ4v) is 3.69. The zero-order valence-corrected chi connectivity index (χ0v) is 18.6. The number of aliphatic hydroxyl groups excluding tert-OH is 1. The van der Waals surface area contributed by atoms with Crippen LogP contribution in [0.2, 0.25) is 0 Å².